The van der Waals surface area contributed by atoms with Gasteiger partial charge >= 0.3 is 5.97 Å². The van der Waals surface area contributed by atoms with Gasteiger partial charge in [-0.1, -0.05) is 25.1 Å². The van der Waals surface area contributed by atoms with Crippen LogP contribution in [-0.2, 0) is 16.1 Å². The average molecular weight is 294 g/mol. The lowest BCUT2D eigenvalue weighted by Crippen LogP contribution is -2.57. The van der Waals surface area contributed by atoms with Crippen LogP contribution in [0.1, 0.15) is 18.9 Å². The maximum atomic E-state index is 13.7. The minimum Gasteiger partial charge on any atom is -0.481 e. The third-order valence-corrected chi connectivity index (χ3v) is 3.79. The molecule has 1 unspecified atom stereocenters. The molecule has 1 aromatic carbocycles. The molecule has 0 aromatic heterocycles. The number of rotatable bonds is 5. The molecule has 21 heavy (non-hydrogen) atoms. The molecule has 0 bridgehead atoms. The highest BCUT2D eigenvalue weighted by molar-refractivity contribution is 5.86. The monoisotopic (exact) mass is 294 g/mol. The Morgan fingerprint density at radius 1 is 1.38 bits per heavy atom. The van der Waals surface area contributed by atoms with E-state index < -0.39 is 12.0 Å². The van der Waals surface area contributed by atoms with Gasteiger partial charge < -0.3 is 10.0 Å². The number of carbonyl (C=O) groups excluding carboxylic acids is 1. The van der Waals surface area contributed by atoms with Crippen molar-refractivity contribution in [3.05, 3.63) is 35.6 Å². The van der Waals surface area contributed by atoms with Crippen molar-refractivity contribution in [2.75, 3.05) is 19.6 Å². The van der Waals surface area contributed by atoms with Gasteiger partial charge in [-0.25, -0.2) is 4.39 Å². The first-order valence-electron chi connectivity index (χ1n) is 7.01. The van der Waals surface area contributed by atoms with Crippen molar-refractivity contribution in [2.45, 2.75) is 25.9 Å². The SMILES string of the molecule is CCN1CCN(Cc2ccccc2F)C(=O)C1CC(=O)O. The van der Waals surface area contributed by atoms with Crippen LogP contribution in [0.15, 0.2) is 24.3 Å². The lowest BCUT2D eigenvalue weighted by atomic mass is 10.1. The Labute approximate surface area is 123 Å². The topological polar surface area (TPSA) is 60.9 Å². The van der Waals surface area contributed by atoms with Gasteiger partial charge in [0.05, 0.1) is 12.5 Å². The number of nitrogens with zero attached hydrogens (tertiary/aromatic N) is 2. The molecule has 2 rings (SSSR count). The van der Waals surface area contributed by atoms with Gasteiger partial charge in [0.2, 0.25) is 5.91 Å². The van der Waals surface area contributed by atoms with Gasteiger partial charge in [0.15, 0.2) is 0 Å². The number of benzene rings is 1. The number of amides is 1. The second kappa shape index (κ2) is 6.67. The molecule has 1 aromatic rings. The number of carboxylic acids is 1. The summed E-state index contributed by atoms with van der Waals surface area (Å²) in [6.45, 7) is 3.79. The Morgan fingerprint density at radius 2 is 2.10 bits per heavy atom. The molecule has 1 aliphatic heterocycles. The quantitative estimate of drug-likeness (QED) is 0.890. The van der Waals surface area contributed by atoms with Crippen LogP contribution in [0, 0.1) is 5.82 Å². The molecule has 5 nitrogen and oxygen atoms in total. The van der Waals surface area contributed by atoms with Crippen LogP contribution >= 0.6 is 0 Å². The van der Waals surface area contributed by atoms with Crippen LogP contribution in [0.5, 0.6) is 0 Å². The summed E-state index contributed by atoms with van der Waals surface area (Å²) in [5, 5.41) is 8.96. The number of carboxylic acid groups (broad SMARTS) is 1. The van der Waals surface area contributed by atoms with E-state index in [9.17, 15) is 14.0 Å². The smallest absolute Gasteiger partial charge is 0.305 e. The van der Waals surface area contributed by atoms with Crippen molar-refractivity contribution < 1.29 is 19.1 Å². The molecule has 1 N–H and O–H groups in total. The molecule has 1 heterocycles. The summed E-state index contributed by atoms with van der Waals surface area (Å²) in [5.74, 6) is -1.59. The summed E-state index contributed by atoms with van der Waals surface area (Å²) in [7, 11) is 0. The van der Waals surface area contributed by atoms with E-state index in [2.05, 4.69) is 0 Å². The van der Waals surface area contributed by atoms with Crippen LogP contribution in [-0.4, -0.2) is 52.5 Å². The Kier molecular flexibility index (Phi) is 4.90. The number of likely N-dealkylation sites (N-methyl/N-ethyl adjacent to an activating group) is 1. The highest BCUT2D eigenvalue weighted by Crippen LogP contribution is 2.18. The number of halogens is 1. The van der Waals surface area contributed by atoms with E-state index in [4.69, 9.17) is 5.11 Å². The van der Waals surface area contributed by atoms with Crippen LogP contribution in [0.3, 0.4) is 0 Å². The fourth-order valence-electron chi connectivity index (χ4n) is 2.63. The maximum Gasteiger partial charge on any atom is 0.305 e. The first-order valence-corrected chi connectivity index (χ1v) is 7.01. The first kappa shape index (κ1) is 15.4. The summed E-state index contributed by atoms with van der Waals surface area (Å²) in [6.07, 6.45) is -0.222. The van der Waals surface area contributed by atoms with Gasteiger partial charge in [0.25, 0.3) is 0 Å². The Hall–Kier alpha value is -1.95. The minimum absolute atomic E-state index is 0.180. The van der Waals surface area contributed by atoms with Crippen molar-refractivity contribution in [3.8, 4) is 0 Å². The fourth-order valence-corrected chi connectivity index (χ4v) is 2.63. The molecule has 1 saturated heterocycles. The van der Waals surface area contributed by atoms with Gasteiger partial charge in [0.1, 0.15) is 5.82 Å². The second-order valence-corrected chi connectivity index (χ2v) is 5.09. The van der Waals surface area contributed by atoms with E-state index in [0.29, 0.717) is 25.2 Å². The molecule has 1 aliphatic rings. The molecule has 0 radical (unpaired) electrons. The molecule has 0 spiro atoms. The average Bonchev–Trinajstić information content (AvgIpc) is 2.45. The molecule has 1 atom stereocenters. The van der Waals surface area contributed by atoms with Gasteiger partial charge in [-0.2, -0.15) is 0 Å². The highest BCUT2D eigenvalue weighted by atomic mass is 19.1. The van der Waals surface area contributed by atoms with Crippen molar-refractivity contribution >= 4 is 11.9 Å². The molecule has 6 heteroatoms. The summed E-state index contributed by atoms with van der Waals surface area (Å²) in [4.78, 5) is 26.8. The van der Waals surface area contributed by atoms with Crippen LogP contribution in [0.4, 0.5) is 4.39 Å². The first-order chi connectivity index (χ1) is 10.0. The normalized spacial score (nSPS) is 19.8. The van der Waals surface area contributed by atoms with Crippen molar-refractivity contribution in [3.63, 3.8) is 0 Å². The van der Waals surface area contributed by atoms with E-state index in [1.807, 2.05) is 11.8 Å². The van der Waals surface area contributed by atoms with Gasteiger partial charge in [-0.3, -0.25) is 14.5 Å². The Bertz CT molecular complexity index is 535. The largest absolute Gasteiger partial charge is 0.481 e. The molecule has 0 saturated carbocycles. The van der Waals surface area contributed by atoms with E-state index in [1.165, 1.54) is 11.0 Å². The molecular weight excluding hydrogens is 275 g/mol. The predicted molar refractivity (Wildman–Crippen MR) is 75.1 cm³/mol. The third kappa shape index (κ3) is 3.58. The van der Waals surface area contributed by atoms with Gasteiger partial charge in [0, 0.05) is 25.2 Å². The zero-order valence-electron chi connectivity index (χ0n) is 12.0. The summed E-state index contributed by atoms with van der Waals surface area (Å²) in [6, 6.07) is 5.66. The second-order valence-electron chi connectivity index (χ2n) is 5.09. The fraction of sp³-hybridized carbons (Fsp3) is 0.467. The molecule has 1 amide bonds. The summed E-state index contributed by atoms with van der Waals surface area (Å²) >= 11 is 0. The highest BCUT2D eigenvalue weighted by Gasteiger charge is 2.35. The van der Waals surface area contributed by atoms with E-state index in [1.54, 1.807) is 18.2 Å². The van der Waals surface area contributed by atoms with Gasteiger partial charge in [-0.05, 0) is 12.6 Å². The standard InChI is InChI=1S/C15H19FN2O3/c1-2-17-7-8-18(15(21)13(17)9-14(19)20)10-11-5-3-4-6-12(11)16/h3-6,13H,2,7-10H2,1H3,(H,19,20). The zero-order valence-corrected chi connectivity index (χ0v) is 12.0. The summed E-state index contributed by atoms with van der Waals surface area (Å²) < 4.78 is 13.7. The van der Waals surface area contributed by atoms with E-state index >= 15 is 0 Å². The van der Waals surface area contributed by atoms with Crippen molar-refractivity contribution in [2.24, 2.45) is 0 Å². The van der Waals surface area contributed by atoms with E-state index in [0.717, 1.165) is 0 Å². The van der Waals surface area contributed by atoms with E-state index in [-0.39, 0.29) is 24.7 Å². The maximum absolute atomic E-state index is 13.7. The summed E-state index contributed by atoms with van der Waals surface area (Å²) in [5.41, 5.74) is 0.449. The van der Waals surface area contributed by atoms with Crippen molar-refractivity contribution in [1.82, 2.24) is 9.80 Å². The number of aliphatic carboxylic acids is 1. The van der Waals surface area contributed by atoms with Crippen LogP contribution < -0.4 is 0 Å². The Morgan fingerprint density at radius 3 is 2.71 bits per heavy atom. The van der Waals surface area contributed by atoms with Gasteiger partial charge in [-0.15, -0.1) is 0 Å². The number of carbonyl (C=O) groups is 2. The van der Waals surface area contributed by atoms with Crippen molar-refractivity contribution in [1.29, 1.82) is 0 Å². The lowest BCUT2D eigenvalue weighted by molar-refractivity contribution is -0.149. The Balaban J connectivity index is 2.13. The molecule has 1 fully saturated rings. The van der Waals surface area contributed by atoms with Crippen LogP contribution in [0.2, 0.25) is 0 Å². The number of piperazine rings is 1. The third-order valence-electron chi connectivity index (χ3n) is 3.79. The lowest BCUT2D eigenvalue weighted by Gasteiger charge is -2.39. The number of hydrogen-bond donors (Lipinski definition) is 1. The number of hydrogen-bond acceptors (Lipinski definition) is 3. The molecule has 0 aliphatic carbocycles. The predicted octanol–water partition coefficient (Wildman–Crippen LogP) is 1.33. The van der Waals surface area contributed by atoms with Crippen LogP contribution in [0.25, 0.3) is 0 Å². The molecular formula is C15H19FN2O3. The minimum atomic E-state index is -1.00. The zero-order chi connectivity index (χ0) is 15.4. The molecule has 114 valence electrons.